The number of hydrogen-bond acceptors (Lipinski definition) is 6. The molecule has 0 fully saturated rings. The summed E-state index contributed by atoms with van der Waals surface area (Å²) in [6, 6.07) is 8.96. The average Bonchev–Trinajstić information content (AvgIpc) is 3.05. The summed E-state index contributed by atoms with van der Waals surface area (Å²) in [6.07, 6.45) is 7.90. The van der Waals surface area contributed by atoms with Crippen molar-refractivity contribution >= 4 is 28.2 Å². The number of hydrogen-bond donors (Lipinski definition) is 2. The van der Waals surface area contributed by atoms with Crippen LogP contribution in [0.2, 0.25) is 0 Å². The predicted octanol–water partition coefficient (Wildman–Crippen LogP) is 4.93. The fraction of sp³-hybridized carbons (Fsp3) is 0.346. The van der Waals surface area contributed by atoms with Crippen molar-refractivity contribution in [2.24, 2.45) is 0 Å². The Hall–Kier alpha value is -3.39. The van der Waals surface area contributed by atoms with E-state index in [-0.39, 0.29) is 17.9 Å². The third kappa shape index (κ3) is 4.63. The van der Waals surface area contributed by atoms with E-state index in [4.69, 9.17) is 9.47 Å². The van der Waals surface area contributed by atoms with Gasteiger partial charge in [0, 0.05) is 23.7 Å². The minimum atomic E-state index is -0.267. The molecule has 3 aromatic rings. The number of rotatable bonds is 5. The molecule has 176 valence electrons. The van der Waals surface area contributed by atoms with Gasteiger partial charge in [0.15, 0.2) is 11.5 Å². The lowest BCUT2D eigenvalue weighted by molar-refractivity contribution is 0.0940. The summed E-state index contributed by atoms with van der Waals surface area (Å²) in [7, 11) is 0. The third-order valence-corrected chi connectivity index (χ3v) is 7.38. The zero-order valence-corrected chi connectivity index (χ0v) is 19.9. The second-order valence-corrected chi connectivity index (χ2v) is 9.67. The minimum Gasteiger partial charge on any atom is -0.490 e. The van der Waals surface area contributed by atoms with E-state index in [0.29, 0.717) is 35.1 Å². The van der Waals surface area contributed by atoms with Gasteiger partial charge in [0.05, 0.1) is 30.4 Å². The van der Waals surface area contributed by atoms with Crippen molar-refractivity contribution in [2.45, 2.75) is 45.1 Å². The van der Waals surface area contributed by atoms with Crippen LogP contribution in [-0.2, 0) is 12.8 Å². The van der Waals surface area contributed by atoms with Gasteiger partial charge in [-0.3, -0.25) is 14.6 Å². The van der Waals surface area contributed by atoms with Crippen molar-refractivity contribution in [3.05, 3.63) is 69.9 Å². The Morgan fingerprint density at radius 1 is 1.03 bits per heavy atom. The number of nitrogens with one attached hydrogen (secondary N) is 2. The lowest BCUT2D eigenvalue weighted by atomic mass is 9.95. The molecule has 2 aliphatic rings. The summed E-state index contributed by atoms with van der Waals surface area (Å²) in [5.41, 5.74) is 3.03. The van der Waals surface area contributed by atoms with E-state index in [1.807, 2.05) is 25.1 Å². The van der Waals surface area contributed by atoms with Crippen molar-refractivity contribution in [2.75, 3.05) is 18.5 Å². The molecule has 8 heteroatoms. The smallest absolute Gasteiger partial charge is 0.257 e. The van der Waals surface area contributed by atoms with Gasteiger partial charge >= 0.3 is 0 Å². The molecule has 1 atom stereocenters. The third-order valence-electron chi connectivity index (χ3n) is 6.17. The first-order valence-electron chi connectivity index (χ1n) is 11.7. The van der Waals surface area contributed by atoms with Crippen LogP contribution in [0, 0.1) is 0 Å². The van der Waals surface area contributed by atoms with Gasteiger partial charge in [-0.05, 0) is 68.0 Å². The van der Waals surface area contributed by atoms with E-state index in [0.717, 1.165) is 49.0 Å². The Morgan fingerprint density at radius 3 is 2.68 bits per heavy atom. The largest absolute Gasteiger partial charge is 0.490 e. The molecule has 0 radical (unpaired) electrons. The average molecular weight is 478 g/mol. The van der Waals surface area contributed by atoms with Gasteiger partial charge in [-0.2, -0.15) is 0 Å². The molecular weight excluding hydrogens is 450 g/mol. The summed E-state index contributed by atoms with van der Waals surface area (Å²) < 4.78 is 11.5. The monoisotopic (exact) mass is 477 g/mol. The van der Waals surface area contributed by atoms with Gasteiger partial charge < -0.3 is 20.1 Å². The number of fused-ring (bicyclic) bond motifs is 2. The minimum absolute atomic E-state index is 0.180. The number of anilines is 1. The van der Waals surface area contributed by atoms with Gasteiger partial charge in [0.1, 0.15) is 5.00 Å². The Balaban J connectivity index is 1.39. The first-order chi connectivity index (χ1) is 16.6. The van der Waals surface area contributed by atoms with Crippen LogP contribution >= 0.6 is 11.3 Å². The molecule has 3 heterocycles. The van der Waals surface area contributed by atoms with Gasteiger partial charge in [-0.25, -0.2) is 0 Å². The van der Waals surface area contributed by atoms with E-state index in [9.17, 15) is 9.59 Å². The summed E-state index contributed by atoms with van der Waals surface area (Å²) in [5, 5.41) is 6.70. The van der Waals surface area contributed by atoms with Gasteiger partial charge in [-0.1, -0.05) is 6.07 Å². The second kappa shape index (κ2) is 9.85. The molecule has 1 aromatic carbocycles. The normalized spacial score (nSPS) is 15.6. The number of benzene rings is 1. The highest BCUT2D eigenvalue weighted by molar-refractivity contribution is 7.17. The number of thiophene rings is 1. The molecule has 2 amide bonds. The fourth-order valence-electron chi connectivity index (χ4n) is 4.37. The summed E-state index contributed by atoms with van der Waals surface area (Å²) in [4.78, 5) is 31.5. The van der Waals surface area contributed by atoms with E-state index >= 15 is 0 Å². The SMILES string of the molecule is CC(NC(=O)c1c(NC(=O)c2cccnc2)sc2c1CCCC2)c1ccc2c(c1)OCCCO2. The van der Waals surface area contributed by atoms with Crippen LogP contribution in [0.4, 0.5) is 5.00 Å². The number of pyridine rings is 1. The first kappa shape index (κ1) is 22.4. The number of carbonyl (C=O) groups excluding carboxylic acids is 2. The molecule has 1 aliphatic heterocycles. The van der Waals surface area contributed by atoms with Crippen LogP contribution in [0.5, 0.6) is 11.5 Å². The van der Waals surface area contributed by atoms with E-state index < -0.39 is 0 Å². The fourth-order valence-corrected chi connectivity index (χ4v) is 5.65. The molecule has 34 heavy (non-hydrogen) atoms. The van der Waals surface area contributed by atoms with Crippen molar-refractivity contribution < 1.29 is 19.1 Å². The lowest BCUT2D eigenvalue weighted by Crippen LogP contribution is -2.28. The number of aryl methyl sites for hydroxylation is 1. The van der Waals surface area contributed by atoms with Gasteiger partial charge in [-0.15, -0.1) is 11.3 Å². The quantitative estimate of drug-likeness (QED) is 0.544. The van der Waals surface area contributed by atoms with Crippen LogP contribution in [-0.4, -0.2) is 30.0 Å². The lowest BCUT2D eigenvalue weighted by Gasteiger charge is -2.18. The number of amides is 2. The Kier molecular flexibility index (Phi) is 6.49. The zero-order valence-electron chi connectivity index (χ0n) is 19.1. The van der Waals surface area contributed by atoms with Crippen LogP contribution in [0.25, 0.3) is 0 Å². The maximum absolute atomic E-state index is 13.5. The number of nitrogens with zero attached hydrogens (tertiary/aromatic N) is 1. The molecule has 2 aromatic heterocycles. The first-order valence-corrected chi connectivity index (χ1v) is 12.5. The maximum Gasteiger partial charge on any atom is 0.257 e. The predicted molar refractivity (Wildman–Crippen MR) is 131 cm³/mol. The molecule has 0 saturated heterocycles. The second-order valence-electron chi connectivity index (χ2n) is 8.56. The van der Waals surface area contributed by atoms with Crippen molar-refractivity contribution in [3.63, 3.8) is 0 Å². The van der Waals surface area contributed by atoms with Crippen LogP contribution in [0.15, 0.2) is 42.7 Å². The van der Waals surface area contributed by atoms with Gasteiger partial charge in [0.2, 0.25) is 0 Å². The molecule has 0 bridgehead atoms. The molecule has 1 unspecified atom stereocenters. The van der Waals surface area contributed by atoms with Crippen LogP contribution < -0.4 is 20.1 Å². The standard InChI is InChI=1S/C26H27N3O4S/c1-16(17-9-10-20-21(14-17)33-13-5-12-32-20)28-25(31)23-19-7-2-3-8-22(19)34-26(23)29-24(30)18-6-4-11-27-15-18/h4,6,9-11,14-16H,2-3,5,7-8,12-13H2,1H3,(H,28,31)(H,29,30). The van der Waals surface area contributed by atoms with Crippen LogP contribution in [0.1, 0.15) is 68.9 Å². The highest BCUT2D eigenvalue weighted by Gasteiger charge is 2.27. The molecular formula is C26H27N3O4S. The van der Waals surface area contributed by atoms with Crippen molar-refractivity contribution in [1.82, 2.24) is 10.3 Å². The number of aromatic nitrogens is 1. The van der Waals surface area contributed by atoms with Gasteiger partial charge in [0.25, 0.3) is 11.8 Å². The van der Waals surface area contributed by atoms with E-state index in [1.54, 1.807) is 18.3 Å². The molecule has 7 nitrogen and oxygen atoms in total. The summed E-state index contributed by atoms with van der Waals surface area (Å²) in [6.45, 7) is 3.19. The number of ether oxygens (including phenoxy) is 2. The number of carbonyl (C=O) groups is 2. The van der Waals surface area contributed by atoms with E-state index in [2.05, 4.69) is 15.6 Å². The Morgan fingerprint density at radius 2 is 1.85 bits per heavy atom. The Labute approximate surface area is 202 Å². The summed E-state index contributed by atoms with van der Waals surface area (Å²) >= 11 is 1.51. The van der Waals surface area contributed by atoms with Crippen LogP contribution in [0.3, 0.4) is 0 Å². The highest BCUT2D eigenvalue weighted by Crippen LogP contribution is 2.39. The molecule has 2 N–H and O–H groups in total. The maximum atomic E-state index is 13.5. The van der Waals surface area contributed by atoms with Crippen molar-refractivity contribution in [1.29, 1.82) is 0 Å². The molecule has 1 aliphatic carbocycles. The molecule has 0 spiro atoms. The molecule has 5 rings (SSSR count). The molecule has 0 saturated carbocycles. The highest BCUT2D eigenvalue weighted by atomic mass is 32.1. The zero-order chi connectivity index (χ0) is 23.5. The van der Waals surface area contributed by atoms with E-state index in [1.165, 1.54) is 22.4 Å². The van der Waals surface area contributed by atoms with Crippen molar-refractivity contribution in [3.8, 4) is 11.5 Å². The Bertz CT molecular complexity index is 1210. The topological polar surface area (TPSA) is 89.6 Å². The summed E-state index contributed by atoms with van der Waals surface area (Å²) in [5.74, 6) is 0.984.